The summed E-state index contributed by atoms with van der Waals surface area (Å²) in [5.74, 6) is 0. The summed E-state index contributed by atoms with van der Waals surface area (Å²) in [4.78, 5) is 0. The minimum Gasteiger partial charge on any atom is -0.212 e. The van der Waals surface area contributed by atoms with E-state index in [1.54, 1.807) is 0 Å². The Morgan fingerprint density at radius 1 is 1.31 bits per heavy atom. The standard InChI is InChI=1S/C8H10ClNO2S/c9-13(11,12)8(3-4-8)5-7(6-10)1-2-7/h1-5H2. The molecular formula is C8H10ClNO2S. The molecule has 0 aromatic heterocycles. The Kier molecular flexibility index (Phi) is 1.71. The highest BCUT2D eigenvalue weighted by atomic mass is 35.7. The maximum Gasteiger partial charge on any atom is 0.238 e. The second-order valence-electron chi connectivity index (χ2n) is 4.19. The molecule has 0 aliphatic heterocycles. The summed E-state index contributed by atoms with van der Waals surface area (Å²) in [5.41, 5.74) is -0.363. The first kappa shape index (κ1) is 9.29. The molecule has 0 aromatic rings. The molecule has 0 radical (unpaired) electrons. The lowest BCUT2D eigenvalue weighted by Crippen LogP contribution is -2.22. The smallest absolute Gasteiger partial charge is 0.212 e. The molecule has 2 aliphatic carbocycles. The molecule has 2 saturated carbocycles. The second-order valence-corrected chi connectivity index (χ2v) is 7.15. The number of nitriles is 1. The molecule has 2 rings (SSSR count). The van der Waals surface area contributed by atoms with Crippen molar-refractivity contribution in [3.63, 3.8) is 0 Å². The molecule has 0 spiro atoms. The molecule has 2 aliphatic rings. The molecule has 3 nitrogen and oxygen atoms in total. The van der Waals surface area contributed by atoms with E-state index in [-0.39, 0.29) is 5.41 Å². The van der Waals surface area contributed by atoms with Gasteiger partial charge >= 0.3 is 0 Å². The summed E-state index contributed by atoms with van der Waals surface area (Å²) in [7, 11) is 1.87. The van der Waals surface area contributed by atoms with Gasteiger partial charge in [-0.15, -0.1) is 0 Å². The van der Waals surface area contributed by atoms with Gasteiger partial charge in [0.15, 0.2) is 0 Å². The van der Waals surface area contributed by atoms with Gasteiger partial charge < -0.3 is 0 Å². The Morgan fingerprint density at radius 3 is 2.08 bits per heavy atom. The summed E-state index contributed by atoms with van der Waals surface area (Å²) in [6, 6.07) is 2.20. The summed E-state index contributed by atoms with van der Waals surface area (Å²) < 4.78 is 21.6. The Hall–Kier alpha value is -0.270. The number of hydrogen-bond acceptors (Lipinski definition) is 3. The number of nitrogens with zero attached hydrogens (tertiary/aromatic N) is 1. The molecule has 0 amide bonds. The summed E-state index contributed by atoms with van der Waals surface area (Å²) in [5, 5.41) is 8.83. The third kappa shape index (κ3) is 1.44. The van der Waals surface area contributed by atoms with E-state index >= 15 is 0 Å². The first-order chi connectivity index (χ1) is 5.93. The van der Waals surface area contributed by atoms with Crippen LogP contribution in [-0.4, -0.2) is 13.2 Å². The van der Waals surface area contributed by atoms with Crippen LogP contribution in [0, 0.1) is 16.7 Å². The van der Waals surface area contributed by atoms with Crippen LogP contribution >= 0.6 is 10.7 Å². The van der Waals surface area contributed by atoms with Gasteiger partial charge in [-0.2, -0.15) is 5.26 Å². The molecule has 0 saturated heterocycles. The van der Waals surface area contributed by atoms with Gasteiger partial charge in [0.1, 0.15) is 0 Å². The van der Waals surface area contributed by atoms with Gasteiger partial charge in [0.25, 0.3) is 0 Å². The highest BCUT2D eigenvalue weighted by molar-refractivity contribution is 8.15. The van der Waals surface area contributed by atoms with E-state index in [1.807, 2.05) is 0 Å². The fourth-order valence-electron chi connectivity index (χ4n) is 1.74. The number of hydrogen-bond donors (Lipinski definition) is 0. The molecule has 0 unspecified atom stereocenters. The highest BCUT2D eigenvalue weighted by Crippen LogP contribution is 2.60. The monoisotopic (exact) mass is 219 g/mol. The zero-order chi connectivity index (χ0) is 9.74. The first-order valence-corrected chi connectivity index (χ1v) is 6.60. The molecule has 0 N–H and O–H groups in total. The van der Waals surface area contributed by atoms with Crippen LogP contribution in [0.1, 0.15) is 32.1 Å². The SMILES string of the molecule is N#CC1(CC2(S(=O)(=O)Cl)CC2)CC1. The lowest BCUT2D eigenvalue weighted by atomic mass is 10.0. The minimum atomic E-state index is -3.47. The van der Waals surface area contributed by atoms with E-state index in [4.69, 9.17) is 15.9 Å². The van der Waals surface area contributed by atoms with E-state index in [2.05, 4.69) is 6.07 Å². The van der Waals surface area contributed by atoms with E-state index in [0.29, 0.717) is 19.3 Å². The first-order valence-electron chi connectivity index (χ1n) is 4.29. The van der Waals surface area contributed by atoms with Crippen LogP contribution in [0.15, 0.2) is 0 Å². The molecule has 0 aromatic carbocycles. The van der Waals surface area contributed by atoms with Crippen LogP contribution in [0.3, 0.4) is 0 Å². The maximum absolute atomic E-state index is 11.2. The molecule has 5 heteroatoms. The van der Waals surface area contributed by atoms with Crippen molar-refractivity contribution in [1.29, 1.82) is 5.26 Å². The van der Waals surface area contributed by atoms with Crippen molar-refractivity contribution >= 4 is 19.7 Å². The lowest BCUT2D eigenvalue weighted by Gasteiger charge is -2.13. The zero-order valence-corrected chi connectivity index (χ0v) is 8.66. The fourth-order valence-corrected chi connectivity index (χ4v) is 3.41. The fraction of sp³-hybridized carbons (Fsp3) is 0.875. The van der Waals surface area contributed by atoms with Gasteiger partial charge in [0.2, 0.25) is 9.05 Å². The van der Waals surface area contributed by atoms with Gasteiger partial charge in [0, 0.05) is 10.7 Å². The molecule has 13 heavy (non-hydrogen) atoms. The lowest BCUT2D eigenvalue weighted by molar-refractivity contribution is 0.530. The van der Waals surface area contributed by atoms with Crippen molar-refractivity contribution in [3.8, 4) is 6.07 Å². The maximum atomic E-state index is 11.2. The van der Waals surface area contributed by atoms with Gasteiger partial charge in [-0.25, -0.2) is 8.42 Å². The summed E-state index contributed by atoms with van der Waals surface area (Å²) in [6.45, 7) is 0. The second kappa shape index (κ2) is 2.40. The average molecular weight is 220 g/mol. The predicted molar refractivity (Wildman–Crippen MR) is 48.6 cm³/mol. The minimum absolute atomic E-state index is 0.363. The van der Waals surface area contributed by atoms with Crippen LogP contribution in [0.2, 0.25) is 0 Å². The Balaban J connectivity index is 2.16. The highest BCUT2D eigenvalue weighted by Gasteiger charge is 2.61. The van der Waals surface area contributed by atoms with Crippen LogP contribution < -0.4 is 0 Å². The van der Waals surface area contributed by atoms with Crippen LogP contribution in [-0.2, 0) is 9.05 Å². The van der Waals surface area contributed by atoms with Crippen molar-refractivity contribution in [1.82, 2.24) is 0 Å². The Labute approximate surface area is 82.1 Å². The van der Waals surface area contributed by atoms with Crippen molar-refractivity contribution in [2.45, 2.75) is 36.9 Å². The largest absolute Gasteiger partial charge is 0.238 e. The number of rotatable bonds is 3. The number of halogens is 1. The Bertz CT molecular complexity index is 373. The topological polar surface area (TPSA) is 57.9 Å². The summed E-state index contributed by atoms with van der Waals surface area (Å²) >= 11 is 0. The molecule has 2 fully saturated rings. The third-order valence-corrected chi connectivity index (χ3v) is 5.65. The average Bonchev–Trinajstić information content (AvgIpc) is 2.86. The van der Waals surface area contributed by atoms with Crippen molar-refractivity contribution in [2.24, 2.45) is 5.41 Å². The van der Waals surface area contributed by atoms with Crippen molar-refractivity contribution < 1.29 is 8.42 Å². The molecule has 0 heterocycles. The third-order valence-electron chi connectivity index (χ3n) is 3.08. The molecule has 0 atom stereocenters. The predicted octanol–water partition coefficient (Wildman–Crippen LogP) is 1.78. The zero-order valence-electron chi connectivity index (χ0n) is 7.09. The summed E-state index contributed by atoms with van der Waals surface area (Å²) in [6.07, 6.45) is 3.36. The van der Waals surface area contributed by atoms with Gasteiger partial charge in [-0.1, -0.05) is 0 Å². The van der Waals surface area contributed by atoms with Gasteiger partial charge in [-0.3, -0.25) is 0 Å². The van der Waals surface area contributed by atoms with E-state index < -0.39 is 13.8 Å². The van der Waals surface area contributed by atoms with E-state index in [0.717, 1.165) is 12.8 Å². The van der Waals surface area contributed by atoms with Gasteiger partial charge in [-0.05, 0) is 32.1 Å². The van der Waals surface area contributed by atoms with Crippen LogP contribution in [0.5, 0.6) is 0 Å². The Morgan fingerprint density at radius 2 is 1.85 bits per heavy atom. The van der Waals surface area contributed by atoms with Crippen molar-refractivity contribution in [3.05, 3.63) is 0 Å². The van der Waals surface area contributed by atoms with E-state index in [9.17, 15) is 8.42 Å². The molecular weight excluding hydrogens is 210 g/mol. The van der Waals surface area contributed by atoms with Gasteiger partial charge in [0.05, 0.1) is 16.2 Å². The molecule has 0 bridgehead atoms. The van der Waals surface area contributed by atoms with Crippen LogP contribution in [0.4, 0.5) is 0 Å². The van der Waals surface area contributed by atoms with Crippen LogP contribution in [0.25, 0.3) is 0 Å². The van der Waals surface area contributed by atoms with E-state index in [1.165, 1.54) is 0 Å². The van der Waals surface area contributed by atoms with Crippen molar-refractivity contribution in [2.75, 3.05) is 0 Å². The normalized spacial score (nSPS) is 27.7. The quantitative estimate of drug-likeness (QED) is 0.680. The molecule has 72 valence electrons.